The Hall–Kier alpha value is -4.84. The number of aliphatic hydroxyl groups is 1. The van der Waals surface area contributed by atoms with Gasteiger partial charge in [-0.2, -0.15) is 0 Å². The number of amides is 3. The maximum absolute atomic E-state index is 13.5. The minimum absolute atomic E-state index is 0.0255. The lowest BCUT2D eigenvalue weighted by Gasteiger charge is -2.29. The van der Waals surface area contributed by atoms with Crippen LogP contribution in [0.25, 0.3) is 10.9 Å². The zero-order valence-corrected chi connectivity index (χ0v) is 23.9. The Morgan fingerprint density at radius 2 is 1.60 bits per heavy atom. The van der Waals surface area contributed by atoms with E-state index in [1.807, 2.05) is 66.7 Å². The summed E-state index contributed by atoms with van der Waals surface area (Å²) in [5.41, 5.74) is 7.89. The molecule has 0 unspecified atom stereocenters. The Balaban J connectivity index is 1.48. The van der Waals surface area contributed by atoms with Crippen LogP contribution in [0.5, 0.6) is 5.75 Å². The number of rotatable bonds is 14. The summed E-state index contributed by atoms with van der Waals surface area (Å²) < 4.78 is 5.19. The summed E-state index contributed by atoms with van der Waals surface area (Å²) in [7, 11) is 1.58. The molecule has 0 aliphatic heterocycles. The number of aromatic nitrogens is 1. The summed E-state index contributed by atoms with van der Waals surface area (Å²) in [5, 5.41) is 18.9. The van der Waals surface area contributed by atoms with Gasteiger partial charge in [-0.15, -0.1) is 0 Å². The number of carbonyl (C=O) groups excluding carboxylic acids is 3. The van der Waals surface area contributed by atoms with E-state index in [0.29, 0.717) is 17.8 Å². The molecule has 7 N–H and O–H groups in total. The lowest BCUT2D eigenvalue weighted by molar-refractivity contribution is -0.128. The summed E-state index contributed by atoms with van der Waals surface area (Å²) in [6.07, 6.45) is -1.27. The SMILES string of the molecule is COc1ccc(CN(N)C[C@H](O)[C@H](Cc2ccccc2)NC(=O)[C@H](CC(N)=O)NC(=O)c2ccc3ccccc3n2)cc1. The van der Waals surface area contributed by atoms with Crippen LogP contribution in [0.15, 0.2) is 91.0 Å². The van der Waals surface area contributed by atoms with Crippen molar-refractivity contribution in [3.63, 3.8) is 0 Å². The molecule has 0 bridgehead atoms. The number of ether oxygens (including phenoxy) is 1. The van der Waals surface area contributed by atoms with Crippen molar-refractivity contribution in [2.45, 2.75) is 37.6 Å². The summed E-state index contributed by atoms with van der Waals surface area (Å²) in [5.74, 6) is 4.86. The topological polar surface area (TPSA) is 173 Å². The third-order valence-electron chi connectivity index (χ3n) is 6.92. The lowest BCUT2D eigenvalue weighted by Crippen LogP contribution is -2.56. The second kappa shape index (κ2) is 14.9. The van der Waals surface area contributed by atoms with E-state index in [4.69, 9.17) is 16.3 Å². The van der Waals surface area contributed by atoms with Crippen LogP contribution >= 0.6 is 0 Å². The van der Waals surface area contributed by atoms with Crippen LogP contribution in [0.2, 0.25) is 0 Å². The minimum Gasteiger partial charge on any atom is -0.497 e. The molecule has 0 aliphatic rings. The molecule has 1 heterocycles. The van der Waals surface area contributed by atoms with Gasteiger partial charge in [0.15, 0.2) is 0 Å². The van der Waals surface area contributed by atoms with Crippen LogP contribution in [0.3, 0.4) is 0 Å². The van der Waals surface area contributed by atoms with Crippen molar-refractivity contribution >= 4 is 28.6 Å². The maximum Gasteiger partial charge on any atom is 0.270 e. The third-order valence-corrected chi connectivity index (χ3v) is 6.92. The highest BCUT2D eigenvalue weighted by Crippen LogP contribution is 2.15. The standard InChI is InChI=1S/C32H36N6O5/c1-43-24-14-11-22(12-15-24)19-38(34)20-29(39)27(17-21-7-3-2-4-8-21)36-32(42)28(18-30(33)40)37-31(41)26-16-13-23-9-5-6-10-25(23)35-26/h2-16,27-29,39H,17-20,34H2,1H3,(H2,33,40)(H,36,42)(H,37,41)/t27-,28-,29-/m0/s1. The largest absolute Gasteiger partial charge is 0.497 e. The monoisotopic (exact) mass is 584 g/mol. The number of benzene rings is 3. The number of pyridine rings is 1. The molecule has 0 radical (unpaired) electrons. The Morgan fingerprint density at radius 3 is 2.30 bits per heavy atom. The highest BCUT2D eigenvalue weighted by Gasteiger charge is 2.29. The van der Waals surface area contributed by atoms with Gasteiger partial charge in [0.2, 0.25) is 11.8 Å². The number of methoxy groups -OCH3 is 1. The third kappa shape index (κ3) is 9.07. The lowest BCUT2D eigenvalue weighted by atomic mass is 10.00. The van der Waals surface area contributed by atoms with Gasteiger partial charge < -0.3 is 26.2 Å². The van der Waals surface area contributed by atoms with E-state index in [9.17, 15) is 19.5 Å². The minimum atomic E-state index is -1.29. The quantitative estimate of drug-likeness (QED) is 0.110. The van der Waals surface area contributed by atoms with Crippen LogP contribution in [0.1, 0.15) is 28.0 Å². The molecule has 224 valence electrons. The first kappa shape index (κ1) is 31.1. The van der Waals surface area contributed by atoms with Gasteiger partial charge in [0.05, 0.1) is 31.2 Å². The molecule has 3 atom stereocenters. The van der Waals surface area contributed by atoms with Crippen LogP contribution in [-0.4, -0.2) is 64.7 Å². The van der Waals surface area contributed by atoms with E-state index in [0.717, 1.165) is 16.5 Å². The molecule has 0 fully saturated rings. The Bertz CT molecular complexity index is 1530. The number of fused-ring (bicyclic) bond motifs is 1. The predicted octanol–water partition coefficient (Wildman–Crippen LogP) is 1.68. The van der Waals surface area contributed by atoms with Crippen molar-refractivity contribution < 1.29 is 24.2 Å². The van der Waals surface area contributed by atoms with E-state index in [2.05, 4.69) is 15.6 Å². The highest BCUT2D eigenvalue weighted by molar-refractivity contribution is 5.99. The van der Waals surface area contributed by atoms with E-state index < -0.39 is 42.3 Å². The first-order valence-electron chi connectivity index (χ1n) is 13.8. The molecule has 3 amide bonds. The van der Waals surface area contributed by atoms with Crippen molar-refractivity contribution in [2.24, 2.45) is 11.6 Å². The first-order valence-corrected chi connectivity index (χ1v) is 13.8. The van der Waals surface area contributed by atoms with Crippen molar-refractivity contribution in [1.29, 1.82) is 0 Å². The molecule has 4 rings (SSSR count). The summed E-state index contributed by atoms with van der Waals surface area (Å²) >= 11 is 0. The molecular formula is C32H36N6O5. The molecule has 3 aromatic carbocycles. The van der Waals surface area contributed by atoms with Crippen molar-refractivity contribution in [2.75, 3.05) is 13.7 Å². The number of carbonyl (C=O) groups is 3. The Morgan fingerprint density at radius 1 is 0.907 bits per heavy atom. The number of aliphatic hydroxyl groups excluding tert-OH is 1. The number of nitrogens with zero attached hydrogens (tertiary/aromatic N) is 2. The molecular weight excluding hydrogens is 548 g/mol. The predicted molar refractivity (Wildman–Crippen MR) is 162 cm³/mol. The molecule has 0 saturated heterocycles. The number of hydrazine groups is 1. The smallest absolute Gasteiger partial charge is 0.270 e. The Kier molecular flexibility index (Phi) is 10.8. The maximum atomic E-state index is 13.5. The number of nitrogens with two attached hydrogens (primary N) is 2. The van der Waals surface area contributed by atoms with E-state index in [-0.39, 0.29) is 18.7 Å². The normalized spacial score (nSPS) is 13.2. The number of hydrogen-bond acceptors (Lipinski definition) is 8. The molecule has 0 aliphatic carbocycles. The van der Waals surface area contributed by atoms with Crippen molar-refractivity contribution in [1.82, 2.24) is 20.6 Å². The van der Waals surface area contributed by atoms with Gasteiger partial charge in [-0.05, 0) is 41.8 Å². The molecule has 11 nitrogen and oxygen atoms in total. The van der Waals surface area contributed by atoms with E-state index in [1.165, 1.54) is 11.1 Å². The summed E-state index contributed by atoms with van der Waals surface area (Å²) in [6, 6.07) is 25.2. The molecule has 0 spiro atoms. The molecule has 4 aromatic rings. The first-order chi connectivity index (χ1) is 20.7. The fraction of sp³-hybridized carbons (Fsp3) is 0.250. The number of para-hydroxylation sites is 1. The van der Waals surface area contributed by atoms with Gasteiger partial charge in [0, 0.05) is 18.5 Å². The van der Waals surface area contributed by atoms with Gasteiger partial charge in [-0.1, -0.05) is 66.7 Å². The molecule has 0 saturated carbocycles. The average molecular weight is 585 g/mol. The number of hydrogen-bond donors (Lipinski definition) is 5. The van der Waals surface area contributed by atoms with Crippen LogP contribution in [-0.2, 0) is 22.6 Å². The summed E-state index contributed by atoms with van der Waals surface area (Å²) in [6.45, 7) is 0.365. The average Bonchev–Trinajstić information content (AvgIpc) is 3.00. The number of primary amides is 1. The molecule has 43 heavy (non-hydrogen) atoms. The van der Waals surface area contributed by atoms with Crippen LogP contribution < -0.4 is 26.9 Å². The zero-order valence-electron chi connectivity index (χ0n) is 23.9. The van der Waals surface area contributed by atoms with Crippen LogP contribution in [0, 0.1) is 0 Å². The van der Waals surface area contributed by atoms with Gasteiger partial charge in [-0.25, -0.2) is 9.99 Å². The van der Waals surface area contributed by atoms with Gasteiger partial charge >= 0.3 is 0 Å². The number of nitrogens with one attached hydrogen (secondary N) is 2. The van der Waals surface area contributed by atoms with Crippen molar-refractivity contribution in [3.8, 4) is 5.75 Å². The second-order valence-electron chi connectivity index (χ2n) is 10.2. The van der Waals surface area contributed by atoms with Gasteiger partial charge in [-0.3, -0.25) is 20.2 Å². The van der Waals surface area contributed by atoms with E-state index in [1.54, 1.807) is 25.3 Å². The zero-order chi connectivity index (χ0) is 30.8. The summed E-state index contributed by atoms with van der Waals surface area (Å²) in [4.78, 5) is 42.8. The van der Waals surface area contributed by atoms with Gasteiger partial charge in [0.25, 0.3) is 5.91 Å². The second-order valence-corrected chi connectivity index (χ2v) is 10.2. The Labute approximate surface area is 249 Å². The molecule has 11 heteroatoms. The highest BCUT2D eigenvalue weighted by atomic mass is 16.5. The van der Waals surface area contributed by atoms with Crippen molar-refractivity contribution in [3.05, 3.63) is 108 Å². The molecule has 1 aromatic heterocycles. The van der Waals surface area contributed by atoms with Gasteiger partial charge in [0.1, 0.15) is 17.5 Å². The fourth-order valence-corrected chi connectivity index (χ4v) is 4.67. The van der Waals surface area contributed by atoms with E-state index >= 15 is 0 Å². The fourth-order valence-electron chi connectivity index (χ4n) is 4.67. The van der Waals surface area contributed by atoms with Crippen LogP contribution in [0.4, 0.5) is 0 Å².